The van der Waals surface area contributed by atoms with E-state index in [0.717, 1.165) is 6.07 Å². The molecular formula is C13H13BrF4N2O2. The molecule has 1 aliphatic rings. The normalized spacial score (nSPS) is 17.7. The molecule has 2 rings (SSSR count). The smallest absolute Gasteiger partial charge is 0.299 e. The van der Waals surface area contributed by atoms with E-state index in [0.29, 0.717) is 0 Å². The van der Waals surface area contributed by atoms with Gasteiger partial charge in [0, 0.05) is 17.1 Å². The molecule has 0 atom stereocenters. The van der Waals surface area contributed by atoms with Gasteiger partial charge in [-0.15, -0.1) is 0 Å². The van der Waals surface area contributed by atoms with E-state index < -0.39 is 22.8 Å². The van der Waals surface area contributed by atoms with Gasteiger partial charge in [0.15, 0.2) is 0 Å². The van der Waals surface area contributed by atoms with Crippen LogP contribution in [0.1, 0.15) is 18.4 Å². The maximum absolute atomic E-state index is 14.0. The number of piperidine rings is 1. The molecule has 9 heteroatoms. The summed E-state index contributed by atoms with van der Waals surface area (Å²) in [5, 5.41) is 11.0. The Morgan fingerprint density at radius 2 is 1.91 bits per heavy atom. The molecule has 1 aromatic rings. The lowest BCUT2D eigenvalue weighted by Gasteiger charge is -2.32. The van der Waals surface area contributed by atoms with E-state index in [9.17, 15) is 27.7 Å². The Bertz CT molecular complexity index is 572. The van der Waals surface area contributed by atoms with Gasteiger partial charge in [-0.3, -0.25) is 15.0 Å². The number of nitrogens with zero attached hydrogens (tertiary/aromatic N) is 2. The first-order chi connectivity index (χ1) is 10.2. The number of nitro benzene ring substituents is 1. The van der Waals surface area contributed by atoms with E-state index >= 15 is 0 Å². The summed E-state index contributed by atoms with van der Waals surface area (Å²) in [5.74, 6) is -2.09. The topological polar surface area (TPSA) is 46.4 Å². The predicted molar refractivity (Wildman–Crippen MR) is 74.8 cm³/mol. The van der Waals surface area contributed by atoms with Crippen molar-refractivity contribution in [2.75, 3.05) is 13.1 Å². The lowest BCUT2D eigenvalue weighted by Crippen LogP contribution is -2.38. The molecule has 0 saturated carbocycles. The maximum Gasteiger partial charge on any atom is 0.391 e. The van der Waals surface area contributed by atoms with E-state index in [1.54, 1.807) is 4.90 Å². The van der Waals surface area contributed by atoms with E-state index in [2.05, 4.69) is 15.9 Å². The molecule has 0 aliphatic carbocycles. The van der Waals surface area contributed by atoms with E-state index in [1.165, 1.54) is 6.07 Å². The third-order valence-electron chi connectivity index (χ3n) is 3.77. The number of nitro groups is 1. The van der Waals surface area contributed by atoms with Crippen molar-refractivity contribution < 1.29 is 22.5 Å². The third-order valence-corrected chi connectivity index (χ3v) is 4.22. The number of halogens is 5. The van der Waals surface area contributed by atoms with Gasteiger partial charge < -0.3 is 0 Å². The van der Waals surface area contributed by atoms with Crippen molar-refractivity contribution in [1.82, 2.24) is 4.90 Å². The van der Waals surface area contributed by atoms with Crippen LogP contribution in [0, 0.1) is 21.8 Å². The highest BCUT2D eigenvalue weighted by Gasteiger charge is 2.41. The fourth-order valence-corrected chi connectivity index (χ4v) is 2.97. The highest BCUT2D eigenvalue weighted by molar-refractivity contribution is 9.10. The van der Waals surface area contributed by atoms with Gasteiger partial charge in [0.1, 0.15) is 5.82 Å². The summed E-state index contributed by atoms with van der Waals surface area (Å²) in [6.07, 6.45) is -4.37. The van der Waals surface area contributed by atoms with Crippen molar-refractivity contribution in [3.63, 3.8) is 0 Å². The van der Waals surface area contributed by atoms with E-state index in [-0.39, 0.29) is 48.2 Å². The first-order valence-corrected chi connectivity index (χ1v) is 7.39. The molecule has 0 aromatic heterocycles. The van der Waals surface area contributed by atoms with Crippen LogP contribution < -0.4 is 0 Å². The SMILES string of the molecule is O=[N+]([O-])c1cc(Br)cc(F)c1CN1CCC(C(F)(F)F)CC1. The minimum atomic E-state index is -4.22. The molecule has 1 heterocycles. The van der Waals surface area contributed by atoms with Crippen molar-refractivity contribution in [2.24, 2.45) is 5.92 Å². The standard InChI is InChI=1S/C13H13BrF4N2O2/c14-9-5-11(15)10(12(6-9)20(21)22)7-19-3-1-8(2-4-19)13(16,17)18/h5-6,8H,1-4,7H2. The van der Waals surface area contributed by atoms with Gasteiger partial charge in [0.05, 0.1) is 16.4 Å². The molecule has 0 spiro atoms. The molecule has 1 fully saturated rings. The minimum absolute atomic E-state index is 0.0694. The molecule has 1 aromatic carbocycles. The monoisotopic (exact) mass is 384 g/mol. The third kappa shape index (κ3) is 3.95. The van der Waals surface area contributed by atoms with Crippen molar-refractivity contribution >= 4 is 21.6 Å². The predicted octanol–water partition coefficient (Wildman–Crippen LogP) is 4.27. The second-order valence-electron chi connectivity index (χ2n) is 5.23. The summed E-state index contributed by atoms with van der Waals surface area (Å²) < 4.78 is 52.0. The first-order valence-electron chi connectivity index (χ1n) is 6.60. The van der Waals surface area contributed by atoms with Crippen LogP contribution in [0.4, 0.5) is 23.2 Å². The summed E-state index contributed by atoms with van der Waals surface area (Å²) in [6.45, 7) is 0.202. The van der Waals surface area contributed by atoms with Crippen LogP contribution in [0.2, 0.25) is 0 Å². The molecule has 1 aliphatic heterocycles. The van der Waals surface area contributed by atoms with Crippen LogP contribution in [-0.2, 0) is 6.54 Å². The van der Waals surface area contributed by atoms with E-state index in [4.69, 9.17) is 0 Å². The Balaban J connectivity index is 2.11. The second-order valence-corrected chi connectivity index (χ2v) is 6.15. The molecule has 0 amide bonds. The fourth-order valence-electron chi connectivity index (χ4n) is 2.55. The summed E-state index contributed by atoms with van der Waals surface area (Å²) in [5.41, 5.74) is -0.469. The zero-order valence-corrected chi connectivity index (χ0v) is 13.0. The van der Waals surface area contributed by atoms with E-state index in [1.807, 2.05) is 0 Å². The average Bonchev–Trinajstić information content (AvgIpc) is 2.41. The molecule has 0 radical (unpaired) electrons. The summed E-state index contributed by atoms with van der Waals surface area (Å²) >= 11 is 2.99. The van der Waals surface area contributed by atoms with Gasteiger partial charge in [0.25, 0.3) is 5.69 Å². The van der Waals surface area contributed by atoms with Gasteiger partial charge in [-0.25, -0.2) is 4.39 Å². The lowest BCUT2D eigenvalue weighted by atomic mass is 9.96. The Morgan fingerprint density at radius 1 is 1.32 bits per heavy atom. The lowest BCUT2D eigenvalue weighted by molar-refractivity contribution is -0.386. The van der Waals surface area contributed by atoms with Crippen LogP contribution in [0.25, 0.3) is 0 Å². The molecular weight excluding hydrogens is 372 g/mol. The zero-order chi connectivity index (χ0) is 16.5. The summed E-state index contributed by atoms with van der Waals surface area (Å²) in [6, 6.07) is 2.31. The number of hydrogen-bond acceptors (Lipinski definition) is 3. The van der Waals surface area contributed by atoms with Crippen molar-refractivity contribution in [3.8, 4) is 0 Å². The average molecular weight is 385 g/mol. The number of likely N-dealkylation sites (tertiary alicyclic amines) is 1. The molecule has 0 N–H and O–H groups in total. The number of hydrogen-bond donors (Lipinski definition) is 0. The second kappa shape index (κ2) is 6.49. The maximum atomic E-state index is 14.0. The van der Waals surface area contributed by atoms with Crippen LogP contribution in [-0.4, -0.2) is 29.1 Å². The molecule has 4 nitrogen and oxygen atoms in total. The molecule has 0 bridgehead atoms. The van der Waals surface area contributed by atoms with Crippen LogP contribution in [0.3, 0.4) is 0 Å². The molecule has 122 valence electrons. The number of rotatable bonds is 3. The minimum Gasteiger partial charge on any atom is -0.299 e. The highest BCUT2D eigenvalue weighted by atomic mass is 79.9. The Hall–Kier alpha value is -1.22. The first kappa shape index (κ1) is 17.1. The summed E-state index contributed by atoms with van der Waals surface area (Å²) in [7, 11) is 0. The Kier molecular flexibility index (Phi) is 5.06. The molecule has 22 heavy (non-hydrogen) atoms. The highest BCUT2D eigenvalue weighted by Crippen LogP contribution is 2.35. The molecule has 0 unspecified atom stereocenters. The Morgan fingerprint density at radius 3 is 2.41 bits per heavy atom. The van der Waals surface area contributed by atoms with Crippen LogP contribution in [0.5, 0.6) is 0 Å². The van der Waals surface area contributed by atoms with Gasteiger partial charge in [-0.2, -0.15) is 13.2 Å². The van der Waals surface area contributed by atoms with Gasteiger partial charge in [0.2, 0.25) is 0 Å². The van der Waals surface area contributed by atoms with Crippen molar-refractivity contribution in [1.29, 1.82) is 0 Å². The van der Waals surface area contributed by atoms with Crippen LogP contribution >= 0.6 is 15.9 Å². The molecule has 1 saturated heterocycles. The van der Waals surface area contributed by atoms with Gasteiger partial charge in [-0.1, -0.05) is 15.9 Å². The van der Waals surface area contributed by atoms with Crippen molar-refractivity contribution in [2.45, 2.75) is 25.6 Å². The largest absolute Gasteiger partial charge is 0.391 e. The zero-order valence-electron chi connectivity index (χ0n) is 11.4. The van der Waals surface area contributed by atoms with Crippen LogP contribution in [0.15, 0.2) is 16.6 Å². The van der Waals surface area contributed by atoms with Crippen molar-refractivity contribution in [3.05, 3.63) is 38.1 Å². The van der Waals surface area contributed by atoms with Gasteiger partial charge >= 0.3 is 6.18 Å². The number of alkyl halides is 3. The quantitative estimate of drug-likeness (QED) is 0.444. The Labute approximate surface area is 132 Å². The van der Waals surface area contributed by atoms with Gasteiger partial charge in [-0.05, 0) is 32.0 Å². The fraction of sp³-hybridized carbons (Fsp3) is 0.538. The number of benzene rings is 1. The summed E-state index contributed by atoms with van der Waals surface area (Å²) in [4.78, 5) is 11.9.